The minimum atomic E-state index is -1.51. The number of allylic oxidation sites excluding steroid dienone is 1. The Hall–Kier alpha value is -1.84. The monoisotopic (exact) mass is 305 g/mol. The van der Waals surface area contributed by atoms with E-state index in [4.69, 9.17) is 5.11 Å². The summed E-state index contributed by atoms with van der Waals surface area (Å²) in [5.41, 5.74) is 3.22. The molecule has 1 aromatic rings. The number of fused-ring (bicyclic) bond motifs is 1. The van der Waals surface area contributed by atoms with Gasteiger partial charge >= 0.3 is 5.97 Å². The zero-order valence-corrected chi connectivity index (χ0v) is 13.5. The van der Waals surface area contributed by atoms with Gasteiger partial charge in [0.25, 0.3) is 0 Å². The predicted molar refractivity (Wildman–Crippen MR) is 87.8 cm³/mol. The number of carboxylic acids is 1. The van der Waals surface area contributed by atoms with Crippen LogP contribution >= 0.6 is 0 Å². The van der Waals surface area contributed by atoms with Crippen LogP contribution in [0.3, 0.4) is 0 Å². The van der Waals surface area contributed by atoms with Gasteiger partial charge in [-0.25, -0.2) is 4.79 Å². The first-order valence-electron chi connectivity index (χ1n) is 7.91. The van der Waals surface area contributed by atoms with Crippen LogP contribution in [-0.4, -0.2) is 23.7 Å². The Morgan fingerprint density at radius 2 is 2.00 bits per heavy atom. The fourth-order valence-electron chi connectivity index (χ4n) is 3.02. The molecule has 0 aromatic heterocycles. The van der Waals surface area contributed by atoms with E-state index in [1.165, 1.54) is 31.0 Å². The van der Waals surface area contributed by atoms with Crippen LogP contribution in [0.15, 0.2) is 24.0 Å². The molecule has 0 bridgehead atoms. The molecule has 0 unspecified atom stereocenters. The summed E-state index contributed by atoms with van der Waals surface area (Å²) in [7, 11) is 0. The molecule has 0 aliphatic carbocycles. The van der Waals surface area contributed by atoms with Crippen molar-refractivity contribution in [2.24, 2.45) is 0 Å². The van der Waals surface area contributed by atoms with E-state index < -0.39 is 11.8 Å². The fraction of sp³-hybridized carbons (Fsp3) is 0.500. The van der Waals surface area contributed by atoms with Gasteiger partial charge in [-0.05, 0) is 68.9 Å². The number of aliphatic carboxylic acids is 1. The van der Waals surface area contributed by atoms with E-state index in [0.717, 1.165) is 19.4 Å². The van der Waals surface area contributed by atoms with Crippen molar-refractivity contribution in [3.63, 3.8) is 0 Å². The van der Waals surface area contributed by atoms with Crippen LogP contribution in [-0.2, 0) is 11.2 Å². The molecule has 0 spiro atoms. The summed E-state index contributed by atoms with van der Waals surface area (Å²) in [6.45, 7) is 6.90. The maximum Gasteiger partial charge on any atom is 0.365 e. The van der Waals surface area contributed by atoms with Crippen molar-refractivity contribution >= 4 is 17.2 Å². The van der Waals surface area contributed by atoms with Crippen LogP contribution in [0.25, 0.3) is 5.57 Å². The van der Waals surface area contributed by atoms with E-state index in [2.05, 4.69) is 18.7 Å². The van der Waals surface area contributed by atoms with Crippen molar-refractivity contribution in [2.75, 3.05) is 11.4 Å². The molecule has 0 saturated carbocycles. The van der Waals surface area contributed by atoms with E-state index in [9.17, 15) is 9.18 Å². The lowest BCUT2D eigenvalue weighted by atomic mass is 9.96. The minimum absolute atomic E-state index is 0.188. The predicted octanol–water partition coefficient (Wildman–Crippen LogP) is 4.41. The van der Waals surface area contributed by atoms with Crippen LogP contribution in [0.1, 0.15) is 51.2 Å². The number of nitrogens with zero attached hydrogens (tertiary/aromatic N) is 1. The van der Waals surface area contributed by atoms with Crippen molar-refractivity contribution in [3.8, 4) is 0 Å². The van der Waals surface area contributed by atoms with Crippen LogP contribution in [0, 0.1) is 0 Å². The molecule has 0 saturated heterocycles. The minimum Gasteiger partial charge on any atom is -0.476 e. The molecule has 4 heteroatoms. The maximum atomic E-state index is 13.7. The topological polar surface area (TPSA) is 40.5 Å². The average molecular weight is 305 g/mol. The summed E-state index contributed by atoms with van der Waals surface area (Å²) in [5.74, 6) is -2.58. The summed E-state index contributed by atoms with van der Waals surface area (Å²) in [6.07, 6.45) is 4.44. The van der Waals surface area contributed by atoms with Crippen molar-refractivity contribution in [2.45, 2.75) is 52.5 Å². The molecule has 0 fully saturated rings. The molecule has 120 valence electrons. The Morgan fingerprint density at radius 1 is 1.27 bits per heavy atom. The van der Waals surface area contributed by atoms with Crippen LogP contribution in [0.2, 0.25) is 0 Å². The van der Waals surface area contributed by atoms with Gasteiger partial charge in [0, 0.05) is 18.3 Å². The maximum absolute atomic E-state index is 13.7. The highest BCUT2D eigenvalue weighted by molar-refractivity contribution is 5.93. The van der Waals surface area contributed by atoms with E-state index in [1.54, 1.807) is 0 Å². The molecule has 1 aliphatic rings. The molecule has 1 N–H and O–H groups in total. The van der Waals surface area contributed by atoms with Crippen LogP contribution < -0.4 is 4.90 Å². The number of hydrogen-bond acceptors (Lipinski definition) is 2. The van der Waals surface area contributed by atoms with Gasteiger partial charge < -0.3 is 10.0 Å². The fourth-order valence-corrected chi connectivity index (χ4v) is 3.02. The first kappa shape index (κ1) is 16.5. The van der Waals surface area contributed by atoms with Gasteiger partial charge in [0.15, 0.2) is 0 Å². The molecule has 1 aliphatic heterocycles. The molecule has 1 heterocycles. The standard InChI is InChI=1S/C18H24FNO2/c1-12(2)20-10-6-4-5-7-15-11-14(8-9-16(15)20)13(3)17(19)18(21)22/h8-9,11-12H,4-7,10H2,1-3H3,(H,21,22)/b17-13+. The van der Waals surface area contributed by atoms with Gasteiger partial charge in [0.05, 0.1) is 0 Å². The number of aryl methyl sites for hydroxylation is 1. The second-order valence-electron chi connectivity index (χ2n) is 6.19. The third-order valence-electron chi connectivity index (χ3n) is 4.31. The number of halogens is 1. The molecule has 1 aromatic carbocycles. The third-order valence-corrected chi connectivity index (χ3v) is 4.31. The Kier molecular flexibility index (Phi) is 5.22. The molecular formula is C18H24FNO2. The second-order valence-corrected chi connectivity index (χ2v) is 6.19. The third kappa shape index (κ3) is 3.49. The van der Waals surface area contributed by atoms with Gasteiger partial charge in [-0.3, -0.25) is 0 Å². The highest BCUT2D eigenvalue weighted by Crippen LogP contribution is 2.31. The number of benzene rings is 1. The summed E-state index contributed by atoms with van der Waals surface area (Å²) in [4.78, 5) is 13.2. The summed E-state index contributed by atoms with van der Waals surface area (Å²) in [5, 5.41) is 8.81. The Morgan fingerprint density at radius 3 is 2.64 bits per heavy atom. The molecular weight excluding hydrogens is 281 g/mol. The first-order valence-corrected chi connectivity index (χ1v) is 7.91. The van der Waals surface area contributed by atoms with Gasteiger partial charge in [-0.15, -0.1) is 0 Å². The number of hydrogen-bond donors (Lipinski definition) is 1. The molecule has 22 heavy (non-hydrogen) atoms. The van der Waals surface area contributed by atoms with Crippen molar-refractivity contribution in [1.82, 2.24) is 0 Å². The summed E-state index contributed by atoms with van der Waals surface area (Å²) >= 11 is 0. The Labute approximate surface area is 131 Å². The highest BCUT2D eigenvalue weighted by Gasteiger charge is 2.18. The van der Waals surface area contributed by atoms with Crippen molar-refractivity contribution in [1.29, 1.82) is 0 Å². The number of anilines is 1. The molecule has 0 radical (unpaired) electrons. The van der Waals surface area contributed by atoms with Crippen molar-refractivity contribution < 1.29 is 14.3 Å². The summed E-state index contributed by atoms with van der Waals surface area (Å²) < 4.78 is 13.7. The normalized spacial score (nSPS) is 16.7. The number of rotatable bonds is 3. The van der Waals surface area contributed by atoms with Gasteiger partial charge in [-0.2, -0.15) is 4.39 Å². The molecule has 0 atom stereocenters. The largest absolute Gasteiger partial charge is 0.476 e. The smallest absolute Gasteiger partial charge is 0.365 e. The zero-order valence-electron chi connectivity index (χ0n) is 13.5. The van der Waals surface area contributed by atoms with Crippen molar-refractivity contribution in [3.05, 3.63) is 35.2 Å². The lowest BCUT2D eigenvalue weighted by molar-refractivity contribution is -0.134. The van der Waals surface area contributed by atoms with Crippen LogP contribution in [0.5, 0.6) is 0 Å². The Balaban J connectivity index is 2.46. The lowest BCUT2D eigenvalue weighted by Crippen LogP contribution is -2.33. The Bertz CT molecular complexity index is 593. The van der Waals surface area contributed by atoms with Gasteiger partial charge in [0.2, 0.25) is 5.83 Å². The quantitative estimate of drug-likeness (QED) is 0.841. The zero-order chi connectivity index (χ0) is 16.3. The van der Waals surface area contributed by atoms with E-state index in [-0.39, 0.29) is 5.57 Å². The molecule has 2 rings (SSSR count). The second kappa shape index (κ2) is 6.95. The van der Waals surface area contributed by atoms with E-state index in [0.29, 0.717) is 11.6 Å². The highest BCUT2D eigenvalue weighted by atomic mass is 19.1. The van der Waals surface area contributed by atoms with E-state index >= 15 is 0 Å². The molecule has 0 amide bonds. The first-order chi connectivity index (χ1) is 10.4. The average Bonchev–Trinajstić information content (AvgIpc) is 2.45. The molecule has 3 nitrogen and oxygen atoms in total. The number of carboxylic acid groups (broad SMARTS) is 1. The van der Waals surface area contributed by atoms with Gasteiger partial charge in [-0.1, -0.05) is 12.5 Å². The SMILES string of the molecule is C/C(=C(\F)C(=O)O)c1ccc2c(c1)CCCCCN2C(C)C. The number of carbonyl (C=O) groups is 1. The lowest BCUT2D eigenvalue weighted by Gasteiger charge is -2.33. The van der Waals surface area contributed by atoms with E-state index in [1.807, 2.05) is 18.2 Å². The van der Waals surface area contributed by atoms with Crippen LogP contribution in [0.4, 0.5) is 10.1 Å². The summed E-state index contributed by atoms with van der Waals surface area (Å²) in [6, 6.07) is 6.20. The van der Waals surface area contributed by atoms with Gasteiger partial charge in [0.1, 0.15) is 0 Å².